The number of amides is 1. The standard InChI is InChI=1S/C52H88Cl2FN3O15S/c1-15-39-51(10,65)43(60)33(6)58(12)28-29(2)25-49(8,64)45(31(4)42(32(5)46(62)71-39)72-40-26-50(9,68-13)44(61)34(7)70-40)73-47-41(59)38(23-30(3)69-47)57(11)22-16-21-52(53,54)48(63)56-36(27-55)24-35-17-19-37(20-18-35)74(14,66)67/h17-20,29-34,36,38-45,47,59-61,64-65H,15-16,21-28H2,1-14H3,(H,56,63)/t29-,30-,31+,32-,33-,34+,36+,38+,39-,40+,41-,42+,43-,44+,45-,47+,49-,50-,51-/m1/s1. The number of aliphatic hydroxyl groups excluding tert-OH is 3. The first kappa shape index (κ1) is 64.7. The summed E-state index contributed by atoms with van der Waals surface area (Å²) in [7, 11) is 1.63. The van der Waals surface area contributed by atoms with Crippen LogP contribution < -0.4 is 5.32 Å². The van der Waals surface area contributed by atoms with Crippen LogP contribution >= 0.6 is 23.2 Å². The summed E-state index contributed by atoms with van der Waals surface area (Å²) in [5, 5.41) is 62.2. The zero-order valence-corrected chi connectivity index (χ0v) is 48.2. The molecule has 74 heavy (non-hydrogen) atoms. The van der Waals surface area contributed by atoms with Crippen LogP contribution in [0.15, 0.2) is 29.2 Å². The molecule has 3 aliphatic heterocycles. The topological polar surface area (TPSA) is 243 Å². The fourth-order valence-electron chi connectivity index (χ4n) is 11.1. The van der Waals surface area contributed by atoms with E-state index in [1.807, 2.05) is 23.6 Å². The van der Waals surface area contributed by atoms with Crippen molar-refractivity contribution in [1.82, 2.24) is 15.1 Å². The van der Waals surface area contributed by atoms with Gasteiger partial charge in [-0.25, -0.2) is 12.8 Å². The lowest BCUT2D eigenvalue weighted by atomic mass is 9.77. The molecule has 0 saturated carbocycles. The Bertz CT molecular complexity index is 2080. The van der Waals surface area contributed by atoms with Gasteiger partial charge in [-0.2, -0.15) is 0 Å². The zero-order chi connectivity index (χ0) is 56.1. The van der Waals surface area contributed by atoms with Crippen molar-refractivity contribution in [3.05, 3.63) is 29.8 Å². The van der Waals surface area contributed by atoms with E-state index in [9.17, 15) is 47.9 Å². The monoisotopic (exact) mass is 1120 g/mol. The number of hydrogen-bond acceptors (Lipinski definition) is 17. The number of esters is 1. The predicted molar refractivity (Wildman–Crippen MR) is 278 cm³/mol. The van der Waals surface area contributed by atoms with E-state index in [0.29, 0.717) is 25.1 Å². The van der Waals surface area contributed by atoms with E-state index in [1.54, 1.807) is 74.7 Å². The van der Waals surface area contributed by atoms with Gasteiger partial charge in [0.05, 0.1) is 52.5 Å². The van der Waals surface area contributed by atoms with Crippen LogP contribution in [-0.4, -0.2) is 204 Å². The second kappa shape index (κ2) is 26.4. The Morgan fingerprint density at radius 1 is 1.01 bits per heavy atom. The molecule has 18 nitrogen and oxygen atoms in total. The van der Waals surface area contributed by atoms with Crippen LogP contribution in [0.2, 0.25) is 0 Å². The molecule has 0 spiro atoms. The Hall–Kier alpha value is -1.86. The molecule has 1 aromatic rings. The van der Waals surface area contributed by atoms with Crippen molar-refractivity contribution in [1.29, 1.82) is 0 Å². The van der Waals surface area contributed by atoms with Gasteiger partial charge in [0.15, 0.2) is 26.8 Å². The molecule has 3 heterocycles. The second-order valence-electron chi connectivity index (χ2n) is 22.4. The van der Waals surface area contributed by atoms with Crippen LogP contribution in [0.25, 0.3) is 0 Å². The van der Waals surface area contributed by atoms with Gasteiger partial charge in [-0.05, 0) is 131 Å². The molecule has 19 atom stereocenters. The Morgan fingerprint density at radius 2 is 1.64 bits per heavy atom. The Morgan fingerprint density at radius 3 is 2.20 bits per heavy atom. The van der Waals surface area contributed by atoms with Crippen molar-refractivity contribution in [2.45, 2.75) is 220 Å². The number of halogens is 3. The molecule has 22 heteroatoms. The number of rotatable bonds is 17. The first-order chi connectivity index (χ1) is 34.1. The highest BCUT2D eigenvalue weighted by atomic mass is 35.5. The largest absolute Gasteiger partial charge is 0.459 e. The summed E-state index contributed by atoms with van der Waals surface area (Å²) in [5.74, 6) is -3.81. The zero-order valence-electron chi connectivity index (χ0n) is 45.9. The minimum Gasteiger partial charge on any atom is -0.459 e. The summed E-state index contributed by atoms with van der Waals surface area (Å²) in [5.41, 5.74) is -4.09. The second-order valence-corrected chi connectivity index (χ2v) is 25.9. The SMILES string of the molecule is CC[C@H]1OC(=O)[C@H](C)[C@@H](O[C@H]2C[C@@](C)(OC)[C@@H](O)[C@H](C)O2)[C@H](C)[C@@H](O[C@@H]2O[C@H](C)C[C@H](N(C)CCCC(Cl)(Cl)C(=O)N[C@H](CF)Cc3ccc(S(C)(=O)=O)cc3)[C@H]2O)[C@](C)(O)C[C@@H](C)CN(C)[C@H](C)[C@@H](O)[C@]1(C)O. The fourth-order valence-corrected chi connectivity index (χ4v) is 12.1. The summed E-state index contributed by atoms with van der Waals surface area (Å²) in [6, 6.07) is 3.75. The van der Waals surface area contributed by atoms with Crippen molar-refractivity contribution in [3.8, 4) is 0 Å². The number of hydrogen-bond donors (Lipinski definition) is 6. The fraction of sp³-hybridized carbons (Fsp3) is 0.846. The third kappa shape index (κ3) is 16.1. The van der Waals surface area contributed by atoms with Crippen molar-refractivity contribution < 1.29 is 76.4 Å². The van der Waals surface area contributed by atoms with Crippen molar-refractivity contribution in [2.75, 3.05) is 47.2 Å². The third-order valence-corrected chi connectivity index (χ3v) is 17.6. The molecule has 3 aliphatic rings. The van der Waals surface area contributed by atoms with Crippen molar-refractivity contribution >= 4 is 44.9 Å². The van der Waals surface area contributed by atoms with Gasteiger partial charge in [0.2, 0.25) is 0 Å². The molecule has 0 aliphatic carbocycles. The first-order valence-corrected chi connectivity index (χ1v) is 28.6. The predicted octanol–water partition coefficient (Wildman–Crippen LogP) is 4.33. The number of likely N-dealkylation sites (N-methyl/N-ethyl adjacent to an activating group) is 2. The molecule has 3 saturated heterocycles. The van der Waals surface area contributed by atoms with Gasteiger partial charge < -0.3 is 69.1 Å². The molecule has 3 fully saturated rings. The lowest BCUT2D eigenvalue weighted by molar-refractivity contribution is -0.318. The summed E-state index contributed by atoms with van der Waals surface area (Å²) < 4.78 is 74.0. The van der Waals surface area contributed by atoms with Gasteiger partial charge in [0, 0.05) is 44.3 Å². The normalized spacial score (nSPS) is 39.2. The minimum absolute atomic E-state index is 0.0404. The van der Waals surface area contributed by atoms with E-state index in [0.717, 1.165) is 6.26 Å². The van der Waals surface area contributed by atoms with Crippen LogP contribution in [0, 0.1) is 17.8 Å². The third-order valence-electron chi connectivity index (χ3n) is 15.8. The lowest BCUT2D eigenvalue weighted by Gasteiger charge is -2.49. The van der Waals surface area contributed by atoms with Gasteiger partial charge in [-0.15, -0.1) is 0 Å². The van der Waals surface area contributed by atoms with E-state index < -0.39 is 141 Å². The molecule has 428 valence electrons. The molecule has 0 unspecified atom stereocenters. The van der Waals surface area contributed by atoms with Crippen LogP contribution in [-0.2, 0) is 54.3 Å². The summed E-state index contributed by atoms with van der Waals surface area (Å²) in [6.45, 7) is 16.8. The quantitative estimate of drug-likeness (QED) is 0.0940. The number of benzene rings is 1. The van der Waals surface area contributed by atoms with Crippen LogP contribution in [0.1, 0.15) is 113 Å². The van der Waals surface area contributed by atoms with Gasteiger partial charge in [0.1, 0.15) is 36.7 Å². The maximum atomic E-state index is 14.5. The van der Waals surface area contributed by atoms with Crippen LogP contribution in [0.5, 0.6) is 0 Å². The highest BCUT2D eigenvalue weighted by Crippen LogP contribution is 2.41. The highest BCUT2D eigenvalue weighted by Gasteiger charge is 2.53. The van der Waals surface area contributed by atoms with E-state index in [2.05, 4.69) is 5.32 Å². The summed E-state index contributed by atoms with van der Waals surface area (Å²) in [4.78, 5) is 31.7. The number of carbonyl (C=O) groups excluding carboxylic acids is 2. The smallest absolute Gasteiger partial charge is 0.311 e. The average molecular weight is 1120 g/mol. The number of methoxy groups -OCH3 is 1. The van der Waals surface area contributed by atoms with Crippen molar-refractivity contribution in [3.63, 3.8) is 0 Å². The van der Waals surface area contributed by atoms with Gasteiger partial charge >= 0.3 is 5.97 Å². The van der Waals surface area contributed by atoms with Crippen LogP contribution in [0.4, 0.5) is 4.39 Å². The molecule has 4 rings (SSSR count). The number of nitrogens with one attached hydrogen (secondary N) is 1. The Balaban J connectivity index is 1.62. The number of sulfone groups is 1. The maximum Gasteiger partial charge on any atom is 0.311 e. The summed E-state index contributed by atoms with van der Waals surface area (Å²) in [6.07, 6.45) is -8.67. The molecule has 0 radical (unpaired) electrons. The lowest BCUT2D eigenvalue weighted by Crippen LogP contribution is -2.61. The molecule has 1 amide bonds. The molecule has 1 aromatic carbocycles. The maximum absolute atomic E-state index is 14.5. The minimum atomic E-state index is -3.43. The molecular formula is C52H88Cl2FN3O15S. The van der Waals surface area contributed by atoms with E-state index >= 15 is 0 Å². The van der Waals surface area contributed by atoms with Gasteiger partial charge in [-0.1, -0.05) is 56.1 Å². The Kier molecular flexibility index (Phi) is 23.1. The highest BCUT2D eigenvalue weighted by molar-refractivity contribution is 7.90. The number of alkyl halides is 3. The van der Waals surface area contributed by atoms with E-state index in [4.69, 9.17) is 51.6 Å². The molecule has 0 bridgehead atoms. The molecular weight excluding hydrogens is 1030 g/mol. The summed E-state index contributed by atoms with van der Waals surface area (Å²) >= 11 is 13.2. The Labute approximate surface area is 449 Å². The van der Waals surface area contributed by atoms with Crippen molar-refractivity contribution in [2.24, 2.45) is 17.8 Å². The van der Waals surface area contributed by atoms with Crippen LogP contribution in [0.3, 0.4) is 0 Å². The first-order valence-electron chi connectivity index (χ1n) is 25.9. The number of carbonyl (C=O) groups is 2. The van der Waals surface area contributed by atoms with Gasteiger partial charge in [0.25, 0.3) is 5.91 Å². The van der Waals surface area contributed by atoms with Gasteiger partial charge in [-0.3, -0.25) is 9.59 Å². The number of nitrogens with zero attached hydrogens (tertiary/aromatic N) is 2. The number of aliphatic hydroxyl groups is 5. The van der Waals surface area contributed by atoms with E-state index in [1.165, 1.54) is 26.2 Å². The molecule has 6 N–H and O–H groups in total. The number of cyclic esters (lactones) is 1. The number of ether oxygens (including phenoxy) is 6. The van der Waals surface area contributed by atoms with E-state index in [-0.39, 0.29) is 49.3 Å². The molecule has 0 aromatic heterocycles. The average Bonchev–Trinajstić information content (AvgIpc) is 3.31.